The Balaban J connectivity index is 2.06. The number of nitrogens with one attached hydrogen (secondary N) is 2. The molecule has 0 aromatic heterocycles. The van der Waals surface area contributed by atoms with E-state index in [0.717, 1.165) is 0 Å². The zero-order valence-electron chi connectivity index (χ0n) is 17.3. The van der Waals surface area contributed by atoms with E-state index in [1.807, 2.05) is 13.8 Å². The van der Waals surface area contributed by atoms with E-state index in [9.17, 15) is 9.59 Å². The molecule has 8 heteroatoms. The lowest BCUT2D eigenvalue weighted by Gasteiger charge is -2.15. The predicted octanol–water partition coefficient (Wildman–Crippen LogP) is 3.91. The summed E-state index contributed by atoms with van der Waals surface area (Å²) in [7, 11) is 3.06. The summed E-state index contributed by atoms with van der Waals surface area (Å²) in [6, 6.07) is 10.2. The van der Waals surface area contributed by atoms with Gasteiger partial charge in [0.15, 0.2) is 18.1 Å². The Labute approximate surface area is 181 Å². The Morgan fingerprint density at radius 1 is 1.20 bits per heavy atom. The van der Waals surface area contributed by atoms with Crippen LogP contribution in [0.1, 0.15) is 19.4 Å². The first-order chi connectivity index (χ1) is 14.3. The smallest absolute Gasteiger partial charge is 0.257 e. The van der Waals surface area contributed by atoms with E-state index in [1.165, 1.54) is 20.2 Å². The lowest BCUT2D eigenvalue weighted by Crippen LogP contribution is -2.24. The van der Waals surface area contributed by atoms with Gasteiger partial charge in [-0.2, -0.15) is 0 Å². The number of carbonyl (C=O) groups excluding carboxylic acids is 2. The van der Waals surface area contributed by atoms with Crippen LogP contribution in [-0.2, 0) is 9.59 Å². The molecule has 2 N–H and O–H groups in total. The van der Waals surface area contributed by atoms with E-state index in [0.29, 0.717) is 33.5 Å². The molecule has 0 heterocycles. The van der Waals surface area contributed by atoms with Gasteiger partial charge in [-0.05, 0) is 49.8 Å². The van der Waals surface area contributed by atoms with Gasteiger partial charge in [0.1, 0.15) is 5.75 Å². The number of ether oxygens (including phenoxy) is 3. The van der Waals surface area contributed by atoms with Gasteiger partial charge in [-0.3, -0.25) is 9.59 Å². The lowest BCUT2D eigenvalue weighted by molar-refractivity contribution is -0.122. The number of rotatable bonds is 9. The third-order valence-electron chi connectivity index (χ3n) is 3.78. The molecule has 0 radical (unpaired) electrons. The van der Waals surface area contributed by atoms with E-state index < -0.39 is 0 Å². The molecule has 30 heavy (non-hydrogen) atoms. The molecule has 0 aliphatic rings. The zero-order valence-corrected chi connectivity index (χ0v) is 18.1. The van der Waals surface area contributed by atoms with Crippen molar-refractivity contribution in [3.05, 3.63) is 53.1 Å². The third-order valence-corrected chi connectivity index (χ3v) is 4.06. The van der Waals surface area contributed by atoms with E-state index >= 15 is 0 Å². The summed E-state index contributed by atoms with van der Waals surface area (Å²) >= 11 is 6.30. The van der Waals surface area contributed by atoms with Crippen molar-refractivity contribution in [2.75, 3.05) is 26.1 Å². The highest BCUT2D eigenvalue weighted by atomic mass is 35.5. The molecule has 2 aromatic carbocycles. The fourth-order valence-electron chi connectivity index (χ4n) is 2.43. The van der Waals surface area contributed by atoms with Crippen LogP contribution in [0.4, 0.5) is 5.69 Å². The third kappa shape index (κ3) is 7.00. The number of amides is 2. The molecule has 2 aromatic rings. The molecular formula is C22H25ClN2O5. The fourth-order valence-corrected chi connectivity index (χ4v) is 2.69. The Kier molecular flexibility index (Phi) is 8.55. The highest BCUT2D eigenvalue weighted by molar-refractivity contribution is 6.32. The van der Waals surface area contributed by atoms with Crippen LogP contribution < -0.4 is 24.8 Å². The van der Waals surface area contributed by atoms with Gasteiger partial charge in [0.25, 0.3) is 5.91 Å². The van der Waals surface area contributed by atoms with Crippen molar-refractivity contribution in [2.24, 2.45) is 0 Å². The minimum absolute atomic E-state index is 0.0559. The maximum atomic E-state index is 12.3. The molecular weight excluding hydrogens is 408 g/mol. The maximum Gasteiger partial charge on any atom is 0.257 e. The summed E-state index contributed by atoms with van der Waals surface area (Å²) in [6.45, 7) is 3.69. The van der Waals surface area contributed by atoms with Crippen molar-refractivity contribution in [2.45, 2.75) is 20.0 Å². The van der Waals surface area contributed by atoms with Crippen molar-refractivity contribution in [3.63, 3.8) is 0 Å². The van der Waals surface area contributed by atoms with E-state index in [2.05, 4.69) is 10.6 Å². The van der Waals surface area contributed by atoms with Crippen LogP contribution in [0.2, 0.25) is 5.02 Å². The number of benzene rings is 2. The van der Waals surface area contributed by atoms with E-state index in [-0.39, 0.29) is 24.5 Å². The average Bonchev–Trinajstić information content (AvgIpc) is 2.72. The number of hydrogen-bond acceptors (Lipinski definition) is 5. The molecule has 0 atom stereocenters. The molecule has 160 valence electrons. The van der Waals surface area contributed by atoms with Gasteiger partial charge in [0, 0.05) is 24.9 Å². The van der Waals surface area contributed by atoms with Crippen LogP contribution in [0.15, 0.2) is 42.5 Å². The Morgan fingerprint density at radius 3 is 2.63 bits per heavy atom. The molecule has 0 unspecified atom stereocenters. The van der Waals surface area contributed by atoms with Crippen LogP contribution >= 0.6 is 11.6 Å². The van der Waals surface area contributed by atoms with Gasteiger partial charge in [-0.15, -0.1) is 0 Å². The predicted molar refractivity (Wildman–Crippen MR) is 117 cm³/mol. The number of methoxy groups -OCH3 is 1. The van der Waals surface area contributed by atoms with Gasteiger partial charge < -0.3 is 24.8 Å². The minimum Gasteiger partial charge on any atom is -0.493 e. The van der Waals surface area contributed by atoms with Crippen molar-refractivity contribution < 1.29 is 23.8 Å². The Hall–Kier alpha value is -3.19. The van der Waals surface area contributed by atoms with Crippen molar-refractivity contribution >= 4 is 35.2 Å². The average molecular weight is 433 g/mol. The summed E-state index contributed by atoms with van der Waals surface area (Å²) in [6.07, 6.45) is 2.95. The second-order valence-corrected chi connectivity index (χ2v) is 6.92. The first kappa shape index (κ1) is 23.1. The first-order valence-electron chi connectivity index (χ1n) is 9.29. The van der Waals surface area contributed by atoms with Gasteiger partial charge >= 0.3 is 0 Å². The molecule has 0 spiro atoms. The number of halogens is 1. The maximum absolute atomic E-state index is 12.3. The standard InChI is InChI=1S/C22H25ClN2O5/c1-14(2)30-22-18(23)10-15(11-19(22)28-4)8-9-20(26)25-16-6-5-7-17(12-16)29-13-21(27)24-3/h5-12,14H,13H2,1-4H3,(H,24,27)(H,25,26)/b9-8+. The highest BCUT2D eigenvalue weighted by Gasteiger charge is 2.13. The molecule has 0 aliphatic carbocycles. The highest BCUT2D eigenvalue weighted by Crippen LogP contribution is 2.37. The van der Waals surface area contributed by atoms with E-state index in [1.54, 1.807) is 42.5 Å². The number of likely N-dealkylation sites (N-methyl/N-ethyl adjacent to an activating group) is 1. The molecule has 2 rings (SSSR count). The number of anilines is 1. The summed E-state index contributed by atoms with van der Waals surface area (Å²) < 4.78 is 16.4. The SMILES string of the molecule is CNC(=O)COc1cccc(NC(=O)/C=C/c2cc(Cl)c(OC(C)C)c(OC)c2)c1. The van der Waals surface area contributed by atoms with Crippen molar-refractivity contribution in [1.82, 2.24) is 5.32 Å². The van der Waals surface area contributed by atoms with Gasteiger partial charge in [-0.25, -0.2) is 0 Å². The summed E-state index contributed by atoms with van der Waals surface area (Å²) in [5, 5.41) is 5.60. The summed E-state index contributed by atoms with van der Waals surface area (Å²) in [4.78, 5) is 23.5. The zero-order chi connectivity index (χ0) is 22.1. The summed E-state index contributed by atoms with van der Waals surface area (Å²) in [5.41, 5.74) is 1.22. The van der Waals surface area contributed by atoms with E-state index in [4.69, 9.17) is 25.8 Å². The molecule has 0 saturated carbocycles. The number of carbonyl (C=O) groups is 2. The topological polar surface area (TPSA) is 85.9 Å². The molecule has 7 nitrogen and oxygen atoms in total. The van der Waals surface area contributed by atoms with Gasteiger partial charge in [0.2, 0.25) is 5.91 Å². The van der Waals surface area contributed by atoms with Crippen LogP contribution in [0, 0.1) is 0 Å². The fraction of sp³-hybridized carbons (Fsp3) is 0.273. The molecule has 0 saturated heterocycles. The van der Waals surface area contributed by atoms with Gasteiger partial charge in [0.05, 0.1) is 18.2 Å². The summed E-state index contributed by atoms with van der Waals surface area (Å²) in [5.74, 6) is 0.835. The first-order valence-corrected chi connectivity index (χ1v) is 9.67. The Morgan fingerprint density at radius 2 is 1.97 bits per heavy atom. The van der Waals surface area contributed by atoms with Crippen molar-refractivity contribution in [1.29, 1.82) is 0 Å². The Bertz CT molecular complexity index is 928. The van der Waals surface area contributed by atoms with Crippen LogP contribution in [0.3, 0.4) is 0 Å². The minimum atomic E-state index is -0.337. The lowest BCUT2D eigenvalue weighted by atomic mass is 10.1. The van der Waals surface area contributed by atoms with Crippen LogP contribution in [-0.4, -0.2) is 38.7 Å². The van der Waals surface area contributed by atoms with Crippen molar-refractivity contribution in [3.8, 4) is 17.2 Å². The largest absolute Gasteiger partial charge is 0.493 e. The molecule has 0 fully saturated rings. The second-order valence-electron chi connectivity index (χ2n) is 6.51. The van der Waals surface area contributed by atoms with Gasteiger partial charge in [-0.1, -0.05) is 17.7 Å². The molecule has 2 amide bonds. The quantitative estimate of drug-likeness (QED) is 0.587. The van der Waals surface area contributed by atoms with Crippen LogP contribution in [0.25, 0.3) is 6.08 Å². The number of hydrogen-bond donors (Lipinski definition) is 2. The molecule has 0 bridgehead atoms. The van der Waals surface area contributed by atoms with Crippen LogP contribution in [0.5, 0.6) is 17.2 Å². The monoisotopic (exact) mass is 432 g/mol. The molecule has 0 aliphatic heterocycles. The normalized spacial score (nSPS) is 10.7. The second kappa shape index (κ2) is 11.1.